The Bertz CT molecular complexity index is 623. The summed E-state index contributed by atoms with van der Waals surface area (Å²) in [7, 11) is 0. The molecular weight excluding hydrogens is 201 g/mol. The monoisotopic (exact) mass is 211 g/mol. The van der Waals surface area contributed by atoms with Crippen LogP contribution >= 0.6 is 0 Å². The van der Waals surface area contributed by atoms with Gasteiger partial charge in [0, 0.05) is 11.7 Å². The highest BCUT2D eigenvalue weighted by molar-refractivity contribution is 5.67. The van der Waals surface area contributed by atoms with Gasteiger partial charge in [0.05, 0.1) is 5.69 Å². The molecule has 2 heteroatoms. The summed E-state index contributed by atoms with van der Waals surface area (Å²) in [6, 6.07) is 16.7. The highest BCUT2D eigenvalue weighted by Gasteiger charge is 2.03. The zero-order valence-electron chi connectivity index (χ0n) is 8.60. The average Bonchev–Trinajstić information content (AvgIpc) is 2.74. The molecule has 0 bridgehead atoms. The van der Waals surface area contributed by atoms with Crippen LogP contribution in [0.1, 0.15) is 0 Å². The van der Waals surface area contributed by atoms with Crippen molar-refractivity contribution in [3.05, 3.63) is 66.6 Å². The standard InChI is InChI=1S/C14H10FN/c15-12-6-4-11(5-7-12)14-9-8-13-3-1-2-10-16(13)14/h1-10H. The van der Waals surface area contributed by atoms with E-state index in [1.807, 2.05) is 30.5 Å². The summed E-state index contributed by atoms with van der Waals surface area (Å²) in [6.07, 6.45) is 2.01. The van der Waals surface area contributed by atoms with Crippen LogP contribution in [0, 0.1) is 5.82 Å². The van der Waals surface area contributed by atoms with Gasteiger partial charge in [-0.1, -0.05) is 6.07 Å². The molecule has 1 nitrogen and oxygen atoms in total. The summed E-state index contributed by atoms with van der Waals surface area (Å²) in [5, 5.41) is 0. The van der Waals surface area contributed by atoms with Crippen LogP contribution in [0.4, 0.5) is 4.39 Å². The van der Waals surface area contributed by atoms with E-state index in [2.05, 4.69) is 10.5 Å². The van der Waals surface area contributed by atoms with Crippen LogP contribution in [0.2, 0.25) is 0 Å². The normalized spacial score (nSPS) is 10.8. The Kier molecular flexibility index (Phi) is 2.00. The summed E-state index contributed by atoms with van der Waals surface area (Å²) >= 11 is 0. The van der Waals surface area contributed by atoms with Gasteiger partial charge in [0.2, 0.25) is 0 Å². The van der Waals surface area contributed by atoms with Crippen molar-refractivity contribution in [2.24, 2.45) is 0 Å². The first-order chi connectivity index (χ1) is 7.84. The molecule has 3 rings (SSSR count). The molecule has 0 aliphatic heterocycles. The van der Waals surface area contributed by atoms with Crippen LogP contribution in [0.5, 0.6) is 0 Å². The van der Waals surface area contributed by atoms with E-state index >= 15 is 0 Å². The second-order valence-electron chi connectivity index (χ2n) is 3.72. The van der Waals surface area contributed by atoms with E-state index in [0.717, 1.165) is 16.8 Å². The molecule has 0 amide bonds. The Balaban J connectivity index is 2.22. The smallest absolute Gasteiger partial charge is 0.123 e. The van der Waals surface area contributed by atoms with Crippen LogP contribution in [-0.2, 0) is 0 Å². The first-order valence-corrected chi connectivity index (χ1v) is 5.17. The van der Waals surface area contributed by atoms with Gasteiger partial charge in [0.25, 0.3) is 0 Å². The van der Waals surface area contributed by atoms with E-state index in [1.54, 1.807) is 12.1 Å². The Hall–Kier alpha value is -2.09. The van der Waals surface area contributed by atoms with Gasteiger partial charge in [0.15, 0.2) is 0 Å². The van der Waals surface area contributed by atoms with E-state index in [1.165, 1.54) is 12.1 Å². The lowest BCUT2D eigenvalue weighted by Crippen LogP contribution is -1.86. The van der Waals surface area contributed by atoms with Gasteiger partial charge in [-0.3, -0.25) is 0 Å². The van der Waals surface area contributed by atoms with Crippen molar-refractivity contribution in [1.82, 2.24) is 4.40 Å². The predicted octanol–water partition coefficient (Wildman–Crippen LogP) is 3.75. The largest absolute Gasteiger partial charge is 0.317 e. The van der Waals surface area contributed by atoms with E-state index < -0.39 is 0 Å². The quantitative estimate of drug-likeness (QED) is 0.577. The molecule has 1 aromatic carbocycles. The van der Waals surface area contributed by atoms with Crippen molar-refractivity contribution in [3.63, 3.8) is 0 Å². The van der Waals surface area contributed by atoms with Crippen molar-refractivity contribution >= 4 is 5.52 Å². The molecule has 0 aliphatic rings. The third kappa shape index (κ3) is 1.39. The van der Waals surface area contributed by atoms with E-state index in [0.29, 0.717) is 0 Å². The number of aromatic nitrogens is 1. The Morgan fingerprint density at radius 2 is 1.62 bits per heavy atom. The van der Waals surface area contributed by atoms with E-state index in [9.17, 15) is 4.39 Å². The third-order valence-electron chi connectivity index (χ3n) is 2.70. The number of benzene rings is 1. The molecule has 0 saturated heterocycles. The summed E-state index contributed by atoms with van der Waals surface area (Å²) in [5.74, 6) is -0.204. The van der Waals surface area contributed by atoms with E-state index in [-0.39, 0.29) is 5.82 Å². The fraction of sp³-hybridized carbons (Fsp3) is 0. The number of fused-ring (bicyclic) bond motifs is 1. The molecule has 78 valence electrons. The van der Waals surface area contributed by atoms with Crippen LogP contribution in [0.15, 0.2) is 60.8 Å². The minimum Gasteiger partial charge on any atom is -0.317 e. The molecule has 0 saturated carbocycles. The van der Waals surface area contributed by atoms with Gasteiger partial charge in [-0.05, 0) is 54.1 Å². The molecule has 0 atom stereocenters. The maximum Gasteiger partial charge on any atom is 0.123 e. The molecule has 0 spiro atoms. The van der Waals surface area contributed by atoms with E-state index in [4.69, 9.17) is 0 Å². The summed E-state index contributed by atoms with van der Waals surface area (Å²) < 4.78 is 14.9. The number of hydrogen-bond donors (Lipinski definition) is 0. The fourth-order valence-electron chi connectivity index (χ4n) is 1.91. The van der Waals surface area contributed by atoms with Gasteiger partial charge < -0.3 is 4.40 Å². The van der Waals surface area contributed by atoms with Gasteiger partial charge in [-0.15, -0.1) is 0 Å². The summed E-state index contributed by atoms with van der Waals surface area (Å²) in [4.78, 5) is 0. The molecule has 16 heavy (non-hydrogen) atoms. The van der Waals surface area contributed by atoms with Crippen molar-refractivity contribution in [2.45, 2.75) is 0 Å². The van der Waals surface area contributed by atoms with Crippen molar-refractivity contribution in [1.29, 1.82) is 0 Å². The molecule has 0 aliphatic carbocycles. The van der Waals surface area contributed by atoms with Crippen LogP contribution in [0.3, 0.4) is 0 Å². The van der Waals surface area contributed by atoms with Crippen LogP contribution < -0.4 is 0 Å². The molecule has 2 heterocycles. The number of pyridine rings is 1. The van der Waals surface area contributed by atoms with Crippen molar-refractivity contribution in [2.75, 3.05) is 0 Å². The zero-order valence-corrected chi connectivity index (χ0v) is 8.60. The number of rotatable bonds is 1. The predicted molar refractivity (Wildman–Crippen MR) is 62.8 cm³/mol. The van der Waals surface area contributed by atoms with Gasteiger partial charge in [-0.2, -0.15) is 0 Å². The molecule has 0 fully saturated rings. The lowest BCUT2D eigenvalue weighted by Gasteiger charge is -2.02. The maximum atomic E-state index is 12.8. The topological polar surface area (TPSA) is 4.41 Å². The second kappa shape index (κ2) is 3.49. The lowest BCUT2D eigenvalue weighted by molar-refractivity contribution is 0.628. The van der Waals surface area contributed by atoms with Crippen molar-refractivity contribution in [3.8, 4) is 11.3 Å². The maximum absolute atomic E-state index is 12.8. The Labute approximate surface area is 92.8 Å². The van der Waals surface area contributed by atoms with Crippen LogP contribution in [0.25, 0.3) is 16.8 Å². The van der Waals surface area contributed by atoms with Gasteiger partial charge in [-0.25, -0.2) is 4.39 Å². The molecule has 0 N–H and O–H groups in total. The summed E-state index contributed by atoms with van der Waals surface area (Å²) in [6.45, 7) is 0. The minimum atomic E-state index is -0.204. The molecule has 0 unspecified atom stereocenters. The number of halogens is 1. The first kappa shape index (κ1) is 9.16. The third-order valence-corrected chi connectivity index (χ3v) is 2.70. The second-order valence-corrected chi connectivity index (χ2v) is 3.72. The highest BCUT2D eigenvalue weighted by Crippen LogP contribution is 2.22. The Morgan fingerprint density at radius 3 is 2.44 bits per heavy atom. The minimum absolute atomic E-state index is 0.204. The highest BCUT2D eigenvalue weighted by atomic mass is 19.1. The first-order valence-electron chi connectivity index (χ1n) is 5.17. The molecule has 3 aromatic rings. The van der Waals surface area contributed by atoms with Gasteiger partial charge in [0.1, 0.15) is 5.82 Å². The van der Waals surface area contributed by atoms with Gasteiger partial charge >= 0.3 is 0 Å². The zero-order chi connectivity index (χ0) is 11.0. The number of nitrogens with zero attached hydrogens (tertiary/aromatic N) is 1. The lowest BCUT2D eigenvalue weighted by atomic mass is 10.1. The molecular formula is C14H10FN. The average molecular weight is 211 g/mol. The summed E-state index contributed by atoms with van der Waals surface area (Å²) in [5.41, 5.74) is 3.24. The molecule has 2 aromatic heterocycles. The SMILES string of the molecule is Fc1ccc(-c2ccc3ccccn23)cc1. The fourth-order valence-corrected chi connectivity index (χ4v) is 1.91. The molecule has 0 radical (unpaired) electrons. The number of hydrogen-bond acceptors (Lipinski definition) is 0. The van der Waals surface area contributed by atoms with Crippen LogP contribution in [-0.4, -0.2) is 4.40 Å². The Morgan fingerprint density at radius 1 is 0.812 bits per heavy atom. The van der Waals surface area contributed by atoms with Crippen molar-refractivity contribution < 1.29 is 4.39 Å².